The average Bonchev–Trinajstić information content (AvgIpc) is 2.61. The van der Waals surface area contributed by atoms with E-state index in [0.29, 0.717) is 28.1 Å². The summed E-state index contributed by atoms with van der Waals surface area (Å²) in [5.41, 5.74) is 0.552. The number of nitrogens with zero attached hydrogens (tertiary/aromatic N) is 2. The molecule has 7 heteroatoms. The summed E-state index contributed by atoms with van der Waals surface area (Å²) in [5.74, 6) is 1.71. The third-order valence-electron chi connectivity index (χ3n) is 4.40. The second-order valence-corrected chi connectivity index (χ2v) is 7.04. The van der Waals surface area contributed by atoms with Gasteiger partial charge in [-0.2, -0.15) is 0 Å². The minimum Gasteiger partial charge on any atom is -0.495 e. The first-order chi connectivity index (χ1) is 11.9. The van der Waals surface area contributed by atoms with Crippen molar-refractivity contribution < 1.29 is 14.3 Å². The first-order valence-electron chi connectivity index (χ1n) is 8.64. The van der Waals surface area contributed by atoms with Gasteiger partial charge < -0.3 is 19.7 Å². The zero-order valence-corrected chi connectivity index (χ0v) is 16.2. The molecule has 0 aromatic heterocycles. The van der Waals surface area contributed by atoms with E-state index in [2.05, 4.69) is 24.1 Å². The Morgan fingerprint density at radius 3 is 2.36 bits per heavy atom. The van der Waals surface area contributed by atoms with Crippen LogP contribution in [0.4, 0.5) is 10.5 Å². The summed E-state index contributed by atoms with van der Waals surface area (Å²) in [6.45, 7) is 8.81. The summed E-state index contributed by atoms with van der Waals surface area (Å²) in [6, 6.07) is 3.18. The maximum atomic E-state index is 12.6. The van der Waals surface area contributed by atoms with E-state index in [1.807, 2.05) is 4.90 Å². The number of hydrogen-bond donors (Lipinski definition) is 1. The lowest BCUT2D eigenvalue weighted by molar-refractivity contribution is 0.143. The molecular formula is C18H28ClN3O3. The molecule has 0 bridgehead atoms. The lowest BCUT2D eigenvalue weighted by Crippen LogP contribution is -2.50. The van der Waals surface area contributed by atoms with Gasteiger partial charge in [-0.15, -0.1) is 0 Å². The van der Waals surface area contributed by atoms with E-state index >= 15 is 0 Å². The molecule has 1 aromatic carbocycles. The number of anilines is 1. The standard InChI is InChI=1S/C18H28ClN3O3/c1-13(2)5-6-21-7-9-22(10-8-21)18(23)20-15-12-16(24-3)14(19)11-17(15)25-4/h11-13H,5-10H2,1-4H3,(H,20,23). The molecule has 1 heterocycles. The van der Waals surface area contributed by atoms with Gasteiger partial charge in [0, 0.05) is 38.3 Å². The summed E-state index contributed by atoms with van der Waals surface area (Å²) < 4.78 is 10.5. The predicted octanol–water partition coefficient (Wildman–Crippen LogP) is 3.55. The molecule has 0 atom stereocenters. The molecule has 2 amide bonds. The van der Waals surface area contributed by atoms with Crippen LogP contribution in [0.3, 0.4) is 0 Å². The molecule has 0 aliphatic carbocycles. The molecule has 140 valence electrons. The van der Waals surface area contributed by atoms with Gasteiger partial charge in [-0.25, -0.2) is 4.79 Å². The Morgan fingerprint density at radius 1 is 1.16 bits per heavy atom. The van der Waals surface area contributed by atoms with E-state index in [4.69, 9.17) is 21.1 Å². The zero-order valence-electron chi connectivity index (χ0n) is 15.5. The Balaban J connectivity index is 1.94. The van der Waals surface area contributed by atoms with Crippen LogP contribution >= 0.6 is 11.6 Å². The minimum atomic E-state index is -0.133. The molecule has 2 rings (SSSR count). The molecule has 1 aliphatic rings. The number of piperazine rings is 1. The molecule has 25 heavy (non-hydrogen) atoms. The summed E-state index contributed by atoms with van der Waals surface area (Å²) >= 11 is 6.10. The Hall–Kier alpha value is -1.66. The van der Waals surface area contributed by atoms with Crippen LogP contribution in [0.25, 0.3) is 0 Å². The molecule has 0 spiro atoms. The molecular weight excluding hydrogens is 342 g/mol. The fraction of sp³-hybridized carbons (Fsp3) is 0.611. The number of ether oxygens (including phenoxy) is 2. The highest BCUT2D eigenvalue weighted by Crippen LogP contribution is 2.36. The van der Waals surface area contributed by atoms with Gasteiger partial charge in [0.2, 0.25) is 0 Å². The molecule has 1 aromatic rings. The highest BCUT2D eigenvalue weighted by atomic mass is 35.5. The van der Waals surface area contributed by atoms with Crippen molar-refractivity contribution in [2.75, 3.05) is 52.3 Å². The van der Waals surface area contributed by atoms with Gasteiger partial charge in [0.1, 0.15) is 11.5 Å². The number of amides is 2. The number of benzene rings is 1. The lowest BCUT2D eigenvalue weighted by Gasteiger charge is -2.35. The van der Waals surface area contributed by atoms with Gasteiger partial charge in [-0.3, -0.25) is 4.90 Å². The molecule has 0 unspecified atom stereocenters. The highest BCUT2D eigenvalue weighted by molar-refractivity contribution is 6.32. The van der Waals surface area contributed by atoms with Gasteiger partial charge in [-0.1, -0.05) is 25.4 Å². The predicted molar refractivity (Wildman–Crippen MR) is 101 cm³/mol. The normalized spacial score (nSPS) is 15.4. The average molecular weight is 370 g/mol. The maximum absolute atomic E-state index is 12.6. The molecule has 1 fully saturated rings. The first-order valence-corrected chi connectivity index (χ1v) is 9.02. The van der Waals surface area contributed by atoms with Crippen LogP contribution in [0.2, 0.25) is 5.02 Å². The van der Waals surface area contributed by atoms with Gasteiger partial charge in [-0.05, 0) is 18.9 Å². The molecule has 0 radical (unpaired) electrons. The Labute approximate surface area is 155 Å². The van der Waals surface area contributed by atoms with Crippen LogP contribution in [-0.2, 0) is 0 Å². The fourth-order valence-electron chi connectivity index (χ4n) is 2.77. The SMILES string of the molecule is COc1cc(NC(=O)N2CCN(CCC(C)C)CC2)c(OC)cc1Cl. The number of urea groups is 1. The topological polar surface area (TPSA) is 54.0 Å². The summed E-state index contributed by atoms with van der Waals surface area (Å²) in [7, 11) is 3.08. The summed E-state index contributed by atoms with van der Waals surface area (Å²) in [5, 5.41) is 3.34. The van der Waals surface area contributed by atoms with Gasteiger partial charge in [0.05, 0.1) is 24.9 Å². The number of rotatable bonds is 6. The van der Waals surface area contributed by atoms with Crippen molar-refractivity contribution in [1.29, 1.82) is 0 Å². The van der Waals surface area contributed by atoms with Crippen LogP contribution in [0.1, 0.15) is 20.3 Å². The number of nitrogens with one attached hydrogen (secondary N) is 1. The van der Waals surface area contributed by atoms with E-state index in [-0.39, 0.29) is 6.03 Å². The Kier molecular flexibility index (Phi) is 7.20. The maximum Gasteiger partial charge on any atom is 0.322 e. The third kappa shape index (κ3) is 5.41. The lowest BCUT2D eigenvalue weighted by atomic mass is 10.1. The van der Waals surface area contributed by atoms with Crippen LogP contribution < -0.4 is 14.8 Å². The van der Waals surface area contributed by atoms with Gasteiger partial charge in [0.15, 0.2) is 0 Å². The van der Waals surface area contributed by atoms with Crippen molar-refractivity contribution in [2.24, 2.45) is 5.92 Å². The van der Waals surface area contributed by atoms with Gasteiger partial charge >= 0.3 is 6.03 Å². The largest absolute Gasteiger partial charge is 0.495 e. The third-order valence-corrected chi connectivity index (χ3v) is 4.69. The van der Waals surface area contributed by atoms with Crippen molar-refractivity contribution >= 4 is 23.3 Å². The highest BCUT2D eigenvalue weighted by Gasteiger charge is 2.22. The molecule has 1 aliphatic heterocycles. The summed E-state index contributed by atoms with van der Waals surface area (Å²) in [4.78, 5) is 16.8. The molecule has 1 saturated heterocycles. The van der Waals surface area contributed by atoms with Crippen LogP contribution in [-0.4, -0.2) is 62.8 Å². The quantitative estimate of drug-likeness (QED) is 0.833. The van der Waals surface area contributed by atoms with E-state index in [1.54, 1.807) is 19.2 Å². The van der Waals surface area contributed by atoms with Gasteiger partial charge in [0.25, 0.3) is 0 Å². The first kappa shape index (κ1) is 19.7. The summed E-state index contributed by atoms with van der Waals surface area (Å²) in [6.07, 6.45) is 1.19. The zero-order chi connectivity index (χ0) is 18.4. The Morgan fingerprint density at radius 2 is 1.80 bits per heavy atom. The number of carbonyl (C=O) groups is 1. The van der Waals surface area contributed by atoms with Crippen molar-refractivity contribution in [3.05, 3.63) is 17.2 Å². The van der Waals surface area contributed by atoms with E-state index in [9.17, 15) is 4.79 Å². The second-order valence-electron chi connectivity index (χ2n) is 6.63. The Bertz CT molecular complexity index is 587. The van der Waals surface area contributed by atoms with Crippen LogP contribution in [0.15, 0.2) is 12.1 Å². The van der Waals surface area contributed by atoms with E-state index in [0.717, 1.165) is 32.7 Å². The number of carbonyl (C=O) groups excluding carboxylic acids is 1. The van der Waals surface area contributed by atoms with Crippen LogP contribution in [0, 0.1) is 5.92 Å². The molecule has 6 nitrogen and oxygen atoms in total. The van der Waals surface area contributed by atoms with Crippen LogP contribution in [0.5, 0.6) is 11.5 Å². The fourth-order valence-corrected chi connectivity index (χ4v) is 3.00. The number of halogens is 1. The van der Waals surface area contributed by atoms with E-state index < -0.39 is 0 Å². The van der Waals surface area contributed by atoms with Crippen molar-refractivity contribution in [3.8, 4) is 11.5 Å². The van der Waals surface area contributed by atoms with Crippen molar-refractivity contribution in [2.45, 2.75) is 20.3 Å². The number of hydrogen-bond acceptors (Lipinski definition) is 4. The monoisotopic (exact) mass is 369 g/mol. The molecule has 0 saturated carbocycles. The smallest absolute Gasteiger partial charge is 0.322 e. The minimum absolute atomic E-state index is 0.133. The number of methoxy groups -OCH3 is 2. The van der Waals surface area contributed by atoms with Crippen molar-refractivity contribution in [1.82, 2.24) is 9.80 Å². The second kappa shape index (κ2) is 9.15. The molecule has 1 N–H and O–H groups in total. The van der Waals surface area contributed by atoms with Crippen molar-refractivity contribution in [3.63, 3.8) is 0 Å². The van der Waals surface area contributed by atoms with E-state index in [1.165, 1.54) is 13.5 Å².